The number of amides is 1. The monoisotopic (exact) mass is 336 g/mol. The molecular weight excluding hydrogens is 316 g/mol. The van der Waals surface area contributed by atoms with E-state index in [0.29, 0.717) is 17.4 Å². The normalized spacial score (nSPS) is 19.7. The van der Waals surface area contributed by atoms with E-state index in [0.717, 1.165) is 43.7 Å². The highest BCUT2D eigenvalue weighted by Crippen LogP contribution is 2.39. The lowest BCUT2D eigenvalue weighted by Crippen LogP contribution is -2.40. The van der Waals surface area contributed by atoms with E-state index < -0.39 is 0 Å². The maximum atomic E-state index is 12.8. The SMILES string of the molecule is Cn1c(NC(=O)C2CCCN2c2ccc(C#N)cc2)nnc1C1CC1. The van der Waals surface area contributed by atoms with Gasteiger partial charge in [0.25, 0.3) is 0 Å². The minimum atomic E-state index is -0.228. The molecule has 0 spiro atoms. The van der Waals surface area contributed by atoms with Gasteiger partial charge in [0.15, 0.2) is 0 Å². The minimum Gasteiger partial charge on any atom is -0.360 e. The molecule has 2 aliphatic rings. The fourth-order valence-corrected chi connectivity index (χ4v) is 3.42. The first-order valence-corrected chi connectivity index (χ1v) is 8.64. The van der Waals surface area contributed by atoms with Crippen LogP contribution in [0, 0.1) is 11.3 Å². The zero-order valence-corrected chi connectivity index (χ0v) is 14.1. The summed E-state index contributed by atoms with van der Waals surface area (Å²) in [5.41, 5.74) is 1.59. The average molecular weight is 336 g/mol. The number of hydrogen-bond donors (Lipinski definition) is 1. The molecule has 1 aromatic heterocycles. The molecule has 128 valence electrons. The van der Waals surface area contributed by atoms with Gasteiger partial charge in [-0.2, -0.15) is 5.26 Å². The number of nitriles is 1. The van der Waals surface area contributed by atoms with E-state index in [1.807, 2.05) is 23.7 Å². The van der Waals surface area contributed by atoms with Gasteiger partial charge in [0.2, 0.25) is 11.9 Å². The zero-order chi connectivity index (χ0) is 17.4. The highest BCUT2D eigenvalue weighted by atomic mass is 16.2. The number of nitrogens with zero attached hydrogens (tertiary/aromatic N) is 5. The van der Waals surface area contributed by atoms with Crippen molar-refractivity contribution in [2.75, 3.05) is 16.8 Å². The van der Waals surface area contributed by atoms with Crippen LogP contribution < -0.4 is 10.2 Å². The van der Waals surface area contributed by atoms with Gasteiger partial charge < -0.3 is 9.47 Å². The first kappa shape index (κ1) is 15.6. The molecule has 0 radical (unpaired) electrons. The maximum absolute atomic E-state index is 12.8. The van der Waals surface area contributed by atoms with Gasteiger partial charge >= 0.3 is 0 Å². The summed E-state index contributed by atoms with van der Waals surface area (Å²) in [5, 5.41) is 20.2. The summed E-state index contributed by atoms with van der Waals surface area (Å²) in [6, 6.07) is 9.26. The van der Waals surface area contributed by atoms with Crippen LogP contribution in [0.25, 0.3) is 0 Å². The van der Waals surface area contributed by atoms with Crippen molar-refractivity contribution in [2.24, 2.45) is 7.05 Å². The lowest BCUT2D eigenvalue weighted by molar-refractivity contribution is -0.117. The first-order chi connectivity index (χ1) is 12.2. The highest BCUT2D eigenvalue weighted by molar-refractivity contribution is 5.96. The second kappa shape index (κ2) is 6.20. The predicted molar refractivity (Wildman–Crippen MR) is 93.1 cm³/mol. The van der Waals surface area contributed by atoms with Crippen LogP contribution in [0.5, 0.6) is 0 Å². The average Bonchev–Trinajstić information content (AvgIpc) is 3.24. The molecule has 1 saturated carbocycles. The molecule has 1 aromatic carbocycles. The van der Waals surface area contributed by atoms with Crippen LogP contribution in [0.4, 0.5) is 11.6 Å². The summed E-state index contributed by atoms with van der Waals surface area (Å²) in [6.45, 7) is 0.829. The number of hydrogen-bond acceptors (Lipinski definition) is 5. The minimum absolute atomic E-state index is 0.0558. The number of benzene rings is 1. The van der Waals surface area contributed by atoms with Crippen LogP contribution in [0.1, 0.15) is 43.0 Å². The van der Waals surface area contributed by atoms with Gasteiger partial charge in [0, 0.05) is 25.2 Å². The van der Waals surface area contributed by atoms with E-state index in [2.05, 4.69) is 26.5 Å². The second-order valence-electron chi connectivity index (χ2n) is 6.71. The standard InChI is InChI=1S/C18H20N6O/c1-23-16(13-6-7-13)21-22-18(23)20-17(25)15-3-2-10-24(15)14-8-4-12(11-19)5-9-14/h4-5,8-9,13,15H,2-3,6-7,10H2,1H3,(H,20,22,25). The van der Waals surface area contributed by atoms with Crippen LogP contribution in [-0.4, -0.2) is 33.3 Å². The van der Waals surface area contributed by atoms with E-state index in [-0.39, 0.29) is 11.9 Å². The Kier molecular flexibility index (Phi) is 3.88. The van der Waals surface area contributed by atoms with Crippen molar-refractivity contribution < 1.29 is 4.79 Å². The maximum Gasteiger partial charge on any atom is 0.249 e. The Bertz CT molecular complexity index is 830. The topological polar surface area (TPSA) is 86.8 Å². The van der Waals surface area contributed by atoms with Crippen LogP contribution >= 0.6 is 0 Å². The Labute approximate surface area is 146 Å². The van der Waals surface area contributed by atoms with Gasteiger partial charge in [-0.25, -0.2) is 0 Å². The molecule has 2 fully saturated rings. The van der Waals surface area contributed by atoms with E-state index in [1.54, 1.807) is 12.1 Å². The van der Waals surface area contributed by atoms with Gasteiger partial charge in [-0.05, 0) is 49.9 Å². The summed E-state index contributed by atoms with van der Waals surface area (Å²) in [5.74, 6) is 1.90. The Balaban J connectivity index is 1.49. The molecule has 2 aromatic rings. The van der Waals surface area contributed by atoms with E-state index in [1.165, 1.54) is 0 Å². The molecule has 1 aliphatic carbocycles. The molecule has 1 atom stereocenters. The number of carbonyl (C=O) groups excluding carboxylic acids is 1. The smallest absolute Gasteiger partial charge is 0.249 e. The number of rotatable bonds is 4. The molecule has 1 amide bonds. The summed E-state index contributed by atoms with van der Waals surface area (Å²) in [6.07, 6.45) is 4.06. The van der Waals surface area contributed by atoms with Gasteiger partial charge in [-0.15, -0.1) is 10.2 Å². The van der Waals surface area contributed by atoms with Crippen LogP contribution in [-0.2, 0) is 11.8 Å². The molecule has 7 heteroatoms. The Morgan fingerprint density at radius 2 is 2.00 bits per heavy atom. The fraction of sp³-hybridized carbons (Fsp3) is 0.444. The van der Waals surface area contributed by atoms with Gasteiger partial charge in [0.05, 0.1) is 11.6 Å². The van der Waals surface area contributed by atoms with Gasteiger partial charge in [-0.3, -0.25) is 10.1 Å². The molecule has 1 N–H and O–H groups in total. The quantitative estimate of drug-likeness (QED) is 0.924. The third-order valence-electron chi connectivity index (χ3n) is 4.97. The second-order valence-corrected chi connectivity index (χ2v) is 6.71. The van der Waals surface area contributed by atoms with Crippen molar-refractivity contribution in [3.05, 3.63) is 35.7 Å². The molecule has 1 aliphatic heterocycles. The molecule has 1 unspecified atom stereocenters. The molecule has 2 heterocycles. The summed E-state index contributed by atoms with van der Waals surface area (Å²) in [4.78, 5) is 14.9. The zero-order valence-electron chi connectivity index (χ0n) is 14.1. The van der Waals surface area contributed by atoms with E-state index in [9.17, 15) is 4.79 Å². The number of nitrogens with one attached hydrogen (secondary N) is 1. The number of anilines is 2. The summed E-state index contributed by atoms with van der Waals surface area (Å²) >= 11 is 0. The summed E-state index contributed by atoms with van der Waals surface area (Å²) < 4.78 is 1.89. The Morgan fingerprint density at radius 3 is 2.68 bits per heavy atom. The van der Waals surface area contributed by atoms with Crippen molar-refractivity contribution in [1.29, 1.82) is 5.26 Å². The van der Waals surface area contributed by atoms with E-state index in [4.69, 9.17) is 5.26 Å². The molecule has 4 rings (SSSR count). The Morgan fingerprint density at radius 1 is 1.24 bits per heavy atom. The largest absolute Gasteiger partial charge is 0.360 e. The van der Waals surface area contributed by atoms with Crippen molar-refractivity contribution in [2.45, 2.75) is 37.6 Å². The molecule has 1 saturated heterocycles. The van der Waals surface area contributed by atoms with Gasteiger partial charge in [-0.1, -0.05) is 0 Å². The number of carbonyl (C=O) groups is 1. The lowest BCUT2D eigenvalue weighted by Gasteiger charge is -2.25. The van der Waals surface area contributed by atoms with Gasteiger partial charge in [0.1, 0.15) is 11.9 Å². The third kappa shape index (κ3) is 2.95. The van der Waals surface area contributed by atoms with E-state index >= 15 is 0 Å². The van der Waals surface area contributed by atoms with Crippen LogP contribution in [0.2, 0.25) is 0 Å². The Hall–Kier alpha value is -2.88. The summed E-state index contributed by atoms with van der Waals surface area (Å²) in [7, 11) is 1.90. The fourth-order valence-electron chi connectivity index (χ4n) is 3.42. The highest BCUT2D eigenvalue weighted by Gasteiger charge is 2.33. The molecule has 0 bridgehead atoms. The molecular formula is C18H20N6O. The molecule has 25 heavy (non-hydrogen) atoms. The number of aromatic nitrogens is 3. The molecule has 7 nitrogen and oxygen atoms in total. The third-order valence-corrected chi connectivity index (χ3v) is 4.97. The van der Waals surface area contributed by atoms with Crippen molar-refractivity contribution >= 4 is 17.5 Å². The van der Waals surface area contributed by atoms with Crippen molar-refractivity contribution in [3.63, 3.8) is 0 Å². The lowest BCUT2D eigenvalue weighted by atomic mass is 10.1. The predicted octanol–water partition coefficient (Wildman–Crippen LogP) is 2.17. The van der Waals surface area contributed by atoms with Crippen molar-refractivity contribution in [1.82, 2.24) is 14.8 Å². The van der Waals surface area contributed by atoms with Crippen LogP contribution in [0.15, 0.2) is 24.3 Å². The van der Waals surface area contributed by atoms with Crippen molar-refractivity contribution in [3.8, 4) is 6.07 Å². The van der Waals surface area contributed by atoms with Crippen LogP contribution in [0.3, 0.4) is 0 Å². The first-order valence-electron chi connectivity index (χ1n) is 8.64.